The van der Waals surface area contributed by atoms with E-state index in [0.717, 1.165) is 11.1 Å². The summed E-state index contributed by atoms with van der Waals surface area (Å²) in [4.78, 5) is 11.6. The largest absolute Gasteiger partial charge is 0.478 e. The molecule has 0 heterocycles. The summed E-state index contributed by atoms with van der Waals surface area (Å²) in [7, 11) is 0. The Morgan fingerprint density at radius 1 is 1.15 bits per heavy atom. The molecule has 0 radical (unpaired) electrons. The summed E-state index contributed by atoms with van der Waals surface area (Å²) < 4.78 is 24.5. The van der Waals surface area contributed by atoms with Gasteiger partial charge in [-0.1, -0.05) is 36.0 Å². The maximum absolute atomic E-state index is 12.2. The highest BCUT2D eigenvalue weighted by atomic mass is 32.2. The predicted octanol–water partition coefficient (Wildman–Crippen LogP) is 4.67. The van der Waals surface area contributed by atoms with E-state index >= 15 is 0 Å². The van der Waals surface area contributed by atoms with Gasteiger partial charge in [0, 0.05) is 4.90 Å². The third kappa shape index (κ3) is 3.17. The SMILES string of the molecule is Cc1c(C(=O)O)cccc1-c1ccc(SC(F)F)cc1. The van der Waals surface area contributed by atoms with Crippen molar-refractivity contribution in [2.24, 2.45) is 0 Å². The van der Waals surface area contributed by atoms with E-state index in [4.69, 9.17) is 5.11 Å². The minimum absolute atomic E-state index is 0.244. The highest BCUT2D eigenvalue weighted by Gasteiger charge is 2.11. The predicted molar refractivity (Wildman–Crippen MR) is 75.4 cm³/mol. The number of rotatable bonds is 4. The zero-order valence-electron chi connectivity index (χ0n) is 10.6. The van der Waals surface area contributed by atoms with Gasteiger partial charge >= 0.3 is 5.97 Å². The van der Waals surface area contributed by atoms with Crippen LogP contribution in [-0.2, 0) is 0 Å². The summed E-state index contributed by atoms with van der Waals surface area (Å²) in [6.45, 7) is 1.74. The average Bonchev–Trinajstić information content (AvgIpc) is 2.39. The van der Waals surface area contributed by atoms with Crippen LogP contribution in [-0.4, -0.2) is 16.8 Å². The number of benzene rings is 2. The van der Waals surface area contributed by atoms with Gasteiger partial charge in [0.25, 0.3) is 5.76 Å². The van der Waals surface area contributed by atoms with Crippen LogP contribution in [0.5, 0.6) is 0 Å². The fraction of sp³-hybridized carbons (Fsp3) is 0.133. The standard InChI is InChI=1S/C15H12F2O2S/c1-9-12(3-2-4-13(9)14(18)19)10-5-7-11(8-6-10)20-15(16)17/h2-8,15H,1H3,(H,18,19). The zero-order valence-corrected chi connectivity index (χ0v) is 11.5. The highest BCUT2D eigenvalue weighted by Crippen LogP contribution is 2.30. The molecular formula is C15H12F2O2S. The summed E-state index contributed by atoms with van der Waals surface area (Å²) in [5.41, 5.74) is 2.51. The van der Waals surface area contributed by atoms with Crippen LogP contribution in [0.25, 0.3) is 11.1 Å². The molecule has 2 nitrogen and oxygen atoms in total. The molecule has 0 spiro atoms. The van der Waals surface area contributed by atoms with E-state index in [2.05, 4.69) is 0 Å². The molecule has 2 rings (SSSR count). The topological polar surface area (TPSA) is 37.3 Å². The van der Waals surface area contributed by atoms with Crippen LogP contribution in [0.4, 0.5) is 8.78 Å². The molecule has 0 aliphatic heterocycles. The van der Waals surface area contributed by atoms with Gasteiger partial charge < -0.3 is 5.11 Å². The molecule has 0 fully saturated rings. The monoisotopic (exact) mass is 294 g/mol. The summed E-state index contributed by atoms with van der Waals surface area (Å²) in [5, 5.41) is 9.09. The minimum atomic E-state index is -2.45. The molecule has 0 unspecified atom stereocenters. The van der Waals surface area contributed by atoms with Gasteiger partial charge in [-0.15, -0.1) is 0 Å². The van der Waals surface area contributed by atoms with Gasteiger partial charge in [0.15, 0.2) is 0 Å². The highest BCUT2D eigenvalue weighted by molar-refractivity contribution is 7.99. The average molecular weight is 294 g/mol. The summed E-state index contributed by atoms with van der Waals surface area (Å²) in [6.07, 6.45) is 0. The number of aromatic carboxylic acids is 1. The Morgan fingerprint density at radius 3 is 2.35 bits per heavy atom. The molecule has 0 saturated carbocycles. The lowest BCUT2D eigenvalue weighted by Gasteiger charge is -2.09. The molecule has 1 N–H and O–H groups in total. The molecule has 0 aromatic heterocycles. The first kappa shape index (κ1) is 14.5. The fourth-order valence-corrected chi connectivity index (χ4v) is 2.49. The second-order valence-electron chi connectivity index (χ2n) is 4.19. The van der Waals surface area contributed by atoms with Crippen LogP contribution >= 0.6 is 11.8 Å². The first-order chi connectivity index (χ1) is 9.49. The number of hydrogen-bond donors (Lipinski definition) is 1. The molecule has 0 bridgehead atoms. The second-order valence-corrected chi connectivity index (χ2v) is 5.25. The molecular weight excluding hydrogens is 282 g/mol. The first-order valence-electron chi connectivity index (χ1n) is 5.87. The lowest BCUT2D eigenvalue weighted by Crippen LogP contribution is -2.00. The van der Waals surface area contributed by atoms with Crippen molar-refractivity contribution in [3.8, 4) is 11.1 Å². The van der Waals surface area contributed by atoms with Crippen molar-refractivity contribution in [2.75, 3.05) is 0 Å². The number of hydrogen-bond acceptors (Lipinski definition) is 2. The summed E-state index contributed by atoms with van der Waals surface area (Å²) in [5.74, 6) is -3.42. The molecule has 0 amide bonds. The molecule has 0 aliphatic carbocycles. The van der Waals surface area contributed by atoms with Crippen LogP contribution in [0, 0.1) is 6.92 Å². The number of carbonyl (C=O) groups is 1. The Balaban J connectivity index is 2.37. The van der Waals surface area contributed by atoms with Crippen molar-refractivity contribution in [1.82, 2.24) is 0 Å². The maximum atomic E-state index is 12.2. The Morgan fingerprint density at radius 2 is 1.80 bits per heavy atom. The Hall–Kier alpha value is -1.88. The summed E-state index contributed by atoms with van der Waals surface area (Å²) >= 11 is 0.487. The molecule has 0 saturated heterocycles. The van der Waals surface area contributed by atoms with Gasteiger partial charge in [0.05, 0.1) is 5.56 Å². The fourth-order valence-electron chi connectivity index (χ4n) is 2.00. The van der Waals surface area contributed by atoms with Gasteiger partial charge in [-0.2, -0.15) is 8.78 Å². The van der Waals surface area contributed by atoms with Crippen LogP contribution in [0.1, 0.15) is 15.9 Å². The Bertz CT molecular complexity index is 624. The summed E-state index contributed by atoms with van der Waals surface area (Å²) in [6, 6.07) is 11.7. The number of carboxylic acids is 1. The van der Waals surface area contributed by atoms with Crippen LogP contribution in [0.2, 0.25) is 0 Å². The quantitative estimate of drug-likeness (QED) is 0.832. The molecule has 0 aliphatic rings. The van der Waals surface area contributed by atoms with E-state index in [9.17, 15) is 13.6 Å². The van der Waals surface area contributed by atoms with Crippen LogP contribution < -0.4 is 0 Å². The van der Waals surface area contributed by atoms with Crippen molar-refractivity contribution in [1.29, 1.82) is 0 Å². The van der Waals surface area contributed by atoms with E-state index in [1.54, 1.807) is 43.3 Å². The van der Waals surface area contributed by atoms with Crippen molar-refractivity contribution < 1.29 is 18.7 Å². The van der Waals surface area contributed by atoms with E-state index < -0.39 is 11.7 Å². The Labute approximate surface area is 119 Å². The van der Waals surface area contributed by atoms with Gasteiger partial charge in [0.1, 0.15) is 0 Å². The molecule has 2 aromatic rings. The lowest BCUT2D eigenvalue weighted by atomic mass is 9.96. The van der Waals surface area contributed by atoms with Gasteiger partial charge in [-0.25, -0.2) is 4.79 Å². The van der Waals surface area contributed by atoms with E-state index in [1.165, 1.54) is 0 Å². The van der Waals surface area contributed by atoms with Gasteiger partial charge in [0.2, 0.25) is 0 Å². The first-order valence-corrected chi connectivity index (χ1v) is 6.75. The van der Waals surface area contributed by atoms with E-state index in [1.807, 2.05) is 6.07 Å². The zero-order chi connectivity index (χ0) is 14.7. The third-order valence-corrected chi connectivity index (χ3v) is 3.68. The van der Waals surface area contributed by atoms with Crippen molar-refractivity contribution >= 4 is 17.7 Å². The normalized spacial score (nSPS) is 10.8. The number of thioether (sulfide) groups is 1. The number of halogens is 2. The van der Waals surface area contributed by atoms with E-state index in [-0.39, 0.29) is 5.56 Å². The van der Waals surface area contributed by atoms with Crippen molar-refractivity contribution in [3.05, 3.63) is 53.6 Å². The maximum Gasteiger partial charge on any atom is 0.335 e. The van der Waals surface area contributed by atoms with E-state index in [0.29, 0.717) is 22.2 Å². The van der Waals surface area contributed by atoms with Crippen LogP contribution in [0.15, 0.2) is 47.4 Å². The molecule has 2 aromatic carbocycles. The molecule has 20 heavy (non-hydrogen) atoms. The lowest BCUT2D eigenvalue weighted by molar-refractivity contribution is 0.0696. The molecule has 5 heteroatoms. The van der Waals surface area contributed by atoms with Crippen LogP contribution in [0.3, 0.4) is 0 Å². The Kier molecular flexibility index (Phi) is 4.39. The van der Waals surface area contributed by atoms with Gasteiger partial charge in [-0.3, -0.25) is 0 Å². The molecule has 104 valence electrons. The minimum Gasteiger partial charge on any atom is -0.478 e. The number of carboxylic acid groups (broad SMARTS) is 1. The third-order valence-electron chi connectivity index (χ3n) is 2.95. The van der Waals surface area contributed by atoms with Crippen molar-refractivity contribution in [3.63, 3.8) is 0 Å². The van der Waals surface area contributed by atoms with Gasteiger partial charge in [-0.05, 0) is 41.8 Å². The second kappa shape index (κ2) is 6.05. The van der Waals surface area contributed by atoms with Crippen molar-refractivity contribution in [2.45, 2.75) is 17.6 Å². The number of alkyl halides is 2. The molecule has 0 atom stereocenters. The smallest absolute Gasteiger partial charge is 0.335 e.